The number of aryl methyl sites for hydroxylation is 1. The fourth-order valence-corrected chi connectivity index (χ4v) is 3.24. The van der Waals surface area contributed by atoms with Gasteiger partial charge in [-0.1, -0.05) is 23.7 Å². The van der Waals surface area contributed by atoms with Gasteiger partial charge in [0.15, 0.2) is 5.49 Å². The molecule has 0 amide bonds. The lowest BCUT2D eigenvalue weighted by molar-refractivity contribution is 0.254. The van der Waals surface area contributed by atoms with Crippen LogP contribution in [0.4, 0.5) is 5.69 Å². The first-order valence-corrected chi connectivity index (χ1v) is 9.21. The Hall–Kier alpha value is -1.98. The Morgan fingerprint density at radius 2 is 1.92 bits per heavy atom. The van der Waals surface area contributed by atoms with Gasteiger partial charge in [0.2, 0.25) is 0 Å². The van der Waals surface area contributed by atoms with E-state index in [0.29, 0.717) is 0 Å². The number of aromatic nitrogens is 1. The van der Waals surface area contributed by atoms with Crippen LogP contribution in [-0.4, -0.2) is 48.7 Å². The van der Waals surface area contributed by atoms with Crippen molar-refractivity contribution in [2.24, 2.45) is 12.1 Å². The molecule has 1 aromatic carbocycles. The maximum absolute atomic E-state index is 6.09. The predicted molar refractivity (Wildman–Crippen MR) is 104 cm³/mol. The van der Waals surface area contributed by atoms with E-state index in [1.807, 2.05) is 54.2 Å². The van der Waals surface area contributed by atoms with Crippen molar-refractivity contribution in [3.63, 3.8) is 0 Å². The van der Waals surface area contributed by atoms with Crippen molar-refractivity contribution in [3.8, 4) is 0 Å². The summed E-state index contributed by atoms with van der Waals surface area (Å²) in [7, 11) is 2.00. The summed E-state index contributed by atoms with van der Waals surface area (Å²) in [6.07, 6.45) is 3.09. The summed E-state index contributed by atoms with van der Waals surface area (Å²) in [4.78, 5) is 4.93. The van der Waals surface area contributed by atoms with Gasteiger partial charge in [-0.3, -0.25) is 4.90 Å². The van der Waals surface area contributed by atoms with Crippen LogP contribution in [0, 0.1) is 0 Å². The maximum atomic E-state index is 6.09. The lowest BCUT2D eigenvalue weighted by Gasteiger charge is -2.36. The van der Waals surface area contributed by atoms with Crippen molar-refractivity contribution in [3.05, 3.63) is 59.2 Å². The van der Waals surface area contributed by atoms with Gasteiger partial charge in [-0.25, -0.2) is 0 Å². The third kappa shape index (κ3) is 5.25. The van der Waals surface area contributed by atoms with Crippen LogP contribution in [0.3, 0.4) is 0 Å². The molecule has 0 spiro atoms. The van der Waals surface area contributed by atoms with E-state index in [-0.39, 0.29) is 0 Å². The Bertz CT molecular complexity index is 734. The summed E-state index contributed by atoms with van der Waals surface area (Å²) in [6, 6.07) is 14.1. The second kappa shape index (κ2) is 8.92. The highest BCUT2D eigenvalue weighted by Crippen LogP contribution is 2.20. The van der Waals surface area contributed by atoms with Gasteiger partial charge in [-0.05, 0) is 36.8 Å². The van der Waals surface area contributed by atoms with Crippen LogP contribution >= 0.6 is 11.6 Å². The molecule has 5 nitrogen and oxygen atoms in total. The molecule has 1 fully saturated rings. The van der Waals surface area contributed by atoms with Gasteiger partial charge in [-0.15, -0.1) is 0 Å². The number of nitrogens with zero attached hydrogens (tertiary/aromatic N) is 4. The number of nitrogens with one attached hydrogen (secondary N) is 1. The van der Waals surface area contributed by atoms with E-state index in [9.17, 15) is 0 Å². The second-order valence-corrected chi connectivity index (χ2v) is 6.79. The summed E-state index contributed by atoms with van der Waals surface area (Å²) in [5.74, 6) is 0. The summed E-state index contributed by atoms with van der Waals surface area (Å²) in [5.41, 5.74) is 5.34. The average molecular weight is 360 g/mol. The molecule has 0 unspecified atom stereocenters. The highest BCUT2D eigenvalue weighted by molar-refractivity contribution is 6.30. The Morgan fingerprint density at radius 3 is 2.68 bits per heavy atom. The molecule has 25 heavy (non-hydrogen) atoms. The van der Waals surface area contributed by atoms with Crippen molar-refractivity contribution >= 4 is 17.3 Å². The lowest BCUT2D eigenvalue weighted by Crippen LogP contribution is -2.46. The van der Waals surface area contributed by atoms with Crippen LogP contribution in [0.1, 0.15) is 6.42 Å². The van der Waals surface area contributed by atoms with Gasteiger partial charge in [0.05, 0.1) is 0 Å². The zero-order chi connectivity index (χ0) is 17.5. The maximum Gasteiger partial charge on any atom is 0.152 e. The SMILES string of the molecule is Cn1cccc/c1=N/NCCCN1CCN(c2cccc(Cl)c2)CC1. The largest absolute Gasteiger partial charge is 0.369 e. The Kier molecular flexibility index (Phi) is 6.36. The van der Waals surface area contributed by atoms with Crippen LogP contribution in [0.2, 0.25) is 5.02 Å². The summed E-state index contributed by atoms with van der Waals surface area (Å²) in [6.45, 7) is 6.29. The molecule has 1 saturated heterocycles. The number of hydrogen-bond donors (Lipinski definition) is 1. The molecule has 0 atom stereocenters. The van der Waals surface area contributed by atoms with E-state index < -0.39 is 0 Å². The van der Waals surface area contributed by atoms with E-state index in [1.165, 1.54) is 5.69 Å². The monoisotopic (exact) mass is 359 g/mol. The third-order valence-electron chi connectivity index (χ3n) is 4.53. The van der Waals surface area contributed by atoms with Crippen LogP contribution in [0.25, 0.3) is 0 Å². The third-order valence-corrected chi connectivity index (χ3v) is 4.76. The number of pyridine rings is 1. The molecule has 1 aromatic heterocycles. The quantitative estimate of drug-likeness (QED) is 0.635. The van der Waals surface area contributed by atoms with Gasteiger partial charge in [0, 0.05) is 63.2 Å². The smallest absolute Gasteiger partial charge is 0.152 e. The molecule has 2 aromatic rings. The van der Waals surface area contributed by atoms with Crippen LogP contribution < -0.4 is 15.8 Å². The van der Waals surface area contributed by atoms with E-state index in [1.54, 1.807) is 0 Å². The molecule has 3 rings (SSSR count). The zero-order valence-electron chi connectivity index (χ0n) is 14.7. The summed E-state index contributed by atoms with van der Waals surface area (Å²) < 4.78 is 2.00. The van der Waals surface area contributed by atoms with Gasteiger partial charge >= 0.3 is 0 Å². The van der Waals surface area contributed by atoms with Gasteiger partial charge < -0.3 is 14.9 Å². The van der Waals surface area contributed by atoms with E-state index in [2.05, 4.69) is 26.4 Å². The number of rotatable bonds is 6. The fourth-order valence-electron chi connectivity index (χ4n) is 3.05. The van der Waals surface area contributed by atoms with Crippen molar-refractivity contribution in [1.29, 1.82) is 0 Å². The Labute approximate surface area is 154 Å². The number of hydrogen-bond acceptors (Lipinski definition) is 4. The van der Waals surface area contributed by atoms with Crippen molar-refractivity contribution in [1.82, 2.24) is 14.9 Å². The lowest BCUT2D eigenvalue weighted by atomic mass is 10.2. The highest BCUT2D eigenvalue weighted by atomic mass is 35.5. The Balaban J connectivity index is 1.37. The first kappa shape index (κ1) is 17.8. The molecule has 1 aliphatic rings. The van der Waals surface area contributed by atoms with Crippen LogP contribution in [-0.2, 0) is 7.05 Å². The fraction of sp³-hybridized carbons (Fsp3) is 0.421. The molecule has 6 heteroatoms. The Morgan fingerprint density at radius 1 is 1.08 bits per heavy atom. The molecule has 134 valence electrons. The number of benzene rings is 1. The summed E-state index contributed by atoms with van der Waals surface area (Å²) >= 11 is 6.09. The molecule has 0 saturated carbocycles. The number of piperazine rings is 1. The van der Waals surface area contributed by atoms with Crippen molar-refractivity contribution in [2.45, 2.75) is 6.42 Å². The first-order chi connectivity index (χ1) is 12.2. The first-order valence-electron chi connectivity index (χ1n) is 8.83. The van der Waals surface area contributed by atoms with Gasteiger partial charge in [0.1, 0.15) is 0 Å². The molecule has 0 bridgehead atoms. The molecule has 0 aliphatic carbocycles. The normalized spacial score (nSPS) is 16.2. The molecule has 1 N–H and O–H groups in total. The second-order valence-electron chi connectivity index (χ2n) is 6.35. The number of anilines is 1. The summed E-state index contributed by atoms with van der Waals surface area (Å²) in [5, 5.41) is 5.23. The van der Waals surface area contributed by atoms with E-state index in [0.717, 1.165) is 56.2 Å². The standard InChI is InChI=1S/C19H26ClN5/c1-23-10-3-2-8-19(23)22-21-9-5-11-24-12-14-25(15-13-24)18-7-4-6-17(20)16-18/h2-4,6-8,10,16,21H,5,9,11-15H2,1H3/b22-19-. The van der Waals surface area contributed by atoms with Crippen LogP contribution in [0.15, 0.2) is 53.8 Å². The predicted octanol–water partition coefficient (Wildman–Crippen LogP) is 2.30. The molecule has 2 heterocycles. The van der Waals surface area contributed by atoms with Gasteiger partial charge in [-0.2, -0.15) is 5.10 Å². The molecular formula is C19H26ClN5. The van der Waals surface area contributed by atoms with Gasteiger partial charge in [0.25, 0.3) is 0 Å². The zero-order valence-corrected chi connectivity index (χ0v) is 15.5. The minimum Gasteiger partial charge on any atom is -0.369 e. The number of halogens is 1. The van der Waals surface area contributed by atoms with Crippen molar-refractivity contribution in [2.75, 3.05) is 44.2 Å². The van der Waals surface area contributed by atoms with Crippen LogP contribution in [0.5, 0.6) is 0 Å². The van der Waals surface area contributed by atoms with E-state index >= 15 is 0 Å². The molecular weight excluding hydrogens is 334 g/mol. The van der Waals surface area contributed by atoms with E-state index in [4.69, 9.17) is 11.6 Å². The molecule has 1 aliphatic heterocycles. The topological polar surface area (TPSA) is 35.8 Å². The van der Waals surface area contributed by atoms with Crippen molar-refractivity contribution < 1.29 is 0 Å². The minimum atomic E-state index is 0.807. The molecule has 0 radical (unpaired) electrons. The average Bonchev–Trinajstić information content (AvgIpc) is 2.63. The highest BCUT2D eigenvalue weighted by Gasteiger charge is 2.16. The minimum absolute atomic E-state index is 0.807.